The molecular weight excluding hydrogens is 1290 g/mol. The Balaban J connectivity index is 0.864. The molecule has 0 aromatic heterocycles. The van der Waals surface area contributed by atoms with Crippen molar-refractivity contribution in [3.63, 3.8) is 0 Å². The second-order valence-corrected chi connectivity index (χ2v) is 35.0. The van der Waals surface area contributed by atoms with Crippen molar-refractivity contribution in [1.29, 1.82) is 0 Å². The number of imide groups is 4. The molecule has 5 aliphatic rings. The maximum atomic E-state index is 16.1. The first kappa shape index (κ1) is 66.3. The molecule has 0 spiro atoms. The normalized spacial score (nSPS) is 15.6. The van der Waals surface area contributed by atoms with Crippen molar-refractivity contribution in [2.45, 2.75) is 195 Å². The van der Waals surface area contributed by atoms with Gasteiger partial charge in [-0.25, -0.2) is 0 Å². The Bertz CT molecular complexity index is 5380. The fourth-order valence-corrected chi connectivity index (χ4v) is 23.0. The molecule has 0 N–H and O–H groups in total. The Kier molecular flexibility index (Phi) is 15.8. The topological polar surface area (TPSA) is 150 Å². The molecule has 0 unspecified atom stereocenters. The van der Waals surface area contributed by atoms with E-state index >= 15 is 19.2 Å². The van der Waals surface area contributed by atoms with Crippen molar-refractivity contribution in [3.8, 4) is 33.4 Å². The first-order valence-electron chi connectivity index (χ1n) is 38.2. The van der Waals surface area contributed by atoms with E-state index in [1.807, 2.05) is 72.8 Å². The maximum Gasteiger partial charge on any atom is 0.262 e. The van der Waals surface area contributed by atoms with Gasteiger partial charge in [0.05, 0.1) is 11.1 Å². The van der Waals surface area contributed by atoms with E-state index in [4.69, 9.17) is 0 Å². The van der Waals surface area contributed by atoms with E-state index in [0.717, 1.165) is 138 Å². The van der Waals surface area contributed by atoms with Gasteiger partial charge in [0.25, 0.3) is 47.3 Å². The molecular formula is C90H86N4O8Si. The summed E-state index contributed by atoms with van der Waals surface area (Å²) < 4.78 is 0. The highest BCUT2D eigenvalue weighted by molar-refractivity contribution is 7.04. The van der Waals surface area contributed by atoms with Crippen LogP contribution in [0.3, 0.4) is 0 Å². The van der Waals surface area contributed by atoms with Crippen LogP contribution in [0.2, 0.25) is 13.1 Å². The lowest BCUT2D eigenvalue weighted by molar-refractivity contribution is 0.0505. The minimum Gasteiger partial charge on any atom is -0.271 e. The van der Waals surface area contributed by atoms with Gasteiger partial charge in [0, 0.05) is 79.1 Å². The summed E-state index contributed by atoms with van der Waals surface area (Å²) in [5.41, 5.74) is 9.15. The molecule has 0 radical (unpaired) electrons. The van der Waals surface area contributed by atoms with Crippen LogP contribution in [0.15, 0.2) is 121 Å². The van der Waals surface area contributed by atoms with E-state index in [-0.39, 0.29) is 71.4 Å². The fourth-order valence-electron chi connectivity index (χ4n) is 19.9. The predicted octanol–water partition coefficient (Wildman–Crippen LogP) is 20.2. The van der Waals surface area contributed by atoms with Gasteiger partial charge in [-0.3, -0.25) is 58.0 Å². The third kappa shape index (κ3) is 9.11. The van der Waals surface area contributed by atoms with Crippen molar-refractivity contribution >= 4 is 152 Å². The molecule has 103 heavy (non-hydrogen) atoms. The lowest BCUT2D eigenvalue weighted by Crippen LogP contribution is -2.49. The molecule has 12 aromatic carbocycles. The van der Waals surface area contributed by atoms with Gasteiger partial charge in [0.1, 0.15) is 8.07 Å². The number of hydrogen-bond acceptors (Lipinski definition) is 8. The van der Waals surface area contributed by atoms with Crippen LogP contribution < -0.4 is 10.4 Å². The van der Waals surface area contributed by atoms with Gasteiger partial charge in [-0.2, -0.15) is 0 Å². The van der Waals surface area contributed by atoms with Gasteiger partial charge in [0.2, 0.25) is 0 Å². The van der Waals surface area contributed by atoms with Gasteiger partial charge in [-0.05, 0) is 208 Å². The molecule has 5 heterocycles. The van der Waals surface area contributed by atoms with Crippen molar-refractivity contribution in [1.82, 2.24) is 19.6 Å². The third-order valence-corrected chi connectivity index (χ3v) is 27.9. The summed E-state index contributed by atoms with van der Waals surface area (Å²) in [6, 6.07) is 39.7. The summed E-state index contributed by atoms with van der Waals surface area (Å²) >= 11 is 0. The zero-order valence-electron chi connectivity index (χ0n) is 60.7. The van der Waals surface area contributed by atoms with Gasteiger partial charge in [-0.1, -0.05) is 193 Å². The molecule has 8 amide bonds. The van der Waals surface area contributed by atoms with E-state index in [1.165, 1.54) is 20.2 Å². The minimum atomic E-state index is -2.77. The molecule has 0 fully saturated rings. The third-order valence-electron chi connectivity index (χ3n) is 24.3. The van der Waals surface area contributed by atoms with E-state index in [1.54, 1.807) is 9.80 Å². The minimum absolute atomic E-state index is 0.225. The number of fused-ring (bicyclic) bond motifs is 7. The van der Waals surface area contributed by atoms with Crippen molar-refractivity contribution in [2.75, 3.05) is 0 Å². The Morgan fingerprint density at radius 1 is 0.243 bits per heavy atom. The zero-order valence-corrected chi connectivity index (χ0v) is 61.7. The summed E-state index contributed by atoms with van der Waals surface area (Å²) in [6.07, 6.45) is 12.1. The highest BCUT2D eigenvalue weighted by Gasteiger charge is 2.46. The van der Waals surface area contributed by atoms with Crippen molar-refractivity contribution in [3.05, 3.63) is 166 Å². The van der Waals surface area contributed by atoms with E-state index in [0.29, 0.717) is 129 Å². The largest absolute Gasteiger partial charge is 0.271 e. The van der Waals surface area contributed by atoms with E-state index < -0.39 is 8.07 Å². The Morgan fingerprint density at radius 3 is 0.728 bits per heavy atom. The Hall–Kier alpha value is -9.98. The lowest BCUT2D eigenvalue weighted by Gasteiger charge is -2.36. The first-order valence-corrected chi connectivity index (χ1v) is 41.2. The number of rotatable bonds is 22. The predicted molar refractivity (Wildman–Crippen MR) is 418 cm³/mol. The summed E-state index contributed by atoms with van der Waals surface area (Å²) in [5.74, 6) is -2.34. The zero-order chi connectivity index (χ0) is 71.7. The quantitative estimate of drug-likeness (QED) is 0.0282. The summed E-state index contributed by atoms with van der Waals surface area (Å²) in [6.45, 7) is 21.5. The van der Waals surface area contributed by atoms with Crippen LogP contribution in [0.5, 0.6) is 0 Å². The number of carbonyl (C=O) groups is 8. The van der Waals surface area contributed by atoms with Crippen LogP contribution in [-0.4, -0.2) is 99.1 Å². The van der Waals surface area contributed by atoms with E-state index in [9.17, 15) is 19.2 Å². The van der Waals surface area contributed by atoms with Crippen LogP contribution in [0.25, 0.3) is 120 Å². The molecule has 13 heteroatoms. The van der Waals surface area contributed by atoms with E-state index in [2.05, 4.69) is 117 Å². The highest BCUT2D eigenvalue weighted by atomic mass is 28.3. The lowest BCUT2D eigenvalue weighted by atomic mass is 9.79. The Labute approximate surface area is 601 Å². The molecule has 12 nitrogen and oxygen atoms in total. The number of hydrogen-bond donors (Lipinski definition) is 0. The number of amides is 8. The van der Waals surface area contributed by atoms with Crippen molar-refractivity contribution < 1.29 is 38.4 Å². The summed E-state index contributed by atoms with van der Waals surface area (Å²) in [5, 5.41) is 14.8. The fraction of sp³-hybridized carbons (Fsp3) is 0.333. The average molecular weight is 1380 g/mol. The molecule has 5 aliphatic heterocycles. The number of carbonyl (C=O) groups excluding carboxylic acids is 8. The van der Waals surface area contributed by atoms with Crippen LogP contribution in [0.4, 0.5) is 0 Å². The molecule has 17 rings (SSSR count). The van der Waals surface area contributed by atoms with Crippen molar-refractivity contribution in [2.24, 2.45) is 0 Å². The first-order chi connectivity index (χ1) is 49.9. The smallest absolute Gasteiger partial charge is 0.262 e. The summed E-state index contributed by atoms with van der Waals surface area (Å²) in [7, 11) is -2.77. The van der Waals surface area contributed by atoms with Gasteiger partial charge < -0.3 is 0 Å². The second kappa shape index (κ2) is 24.6. The van der Waals surface area contributed by atoms with Crippen LogP contribution in [-0.2, 0) is 0 Å². The molecule has 0 saturated carbocycles. The molecule has 12 aromatic rings. The number of nitrogens with zero attached hydrogens (tertiary/aromatic N) is 4. The second-order valence-electron chi connectivity index (χ2n) is 30.6. The number of benzene rings is 12. The molecule has 0 bridgehead atoms. The van der Waals surface area contributed by atoms with Gasteiger partial charge in [0.15, 0.2) is 0 Å². The maximum absolute atomic E-state index is 16.1. The molecule has 0 saturated heterocycles. The highest BCUT2D eigenvalue weighted by Crippen LogP contribution is 2.53. The van der Waals surface area contributed by atoms with Gasteiger partial charge >= 0.3 is 0 Å². The van der Waals surface area contributed by atoms with Crippen LogP contribution in [0.1, 0.15) is 241 Å². The summed E-state index contributed by atoms with van der Waals surface area (Å²) in [4.78, 5) is 129. The van der Waals surface area contributed by atoms with Crippen LogP contribution >= 0.6 is 0 Å². The monoisotopic (exact) mass is 1380 g/mol. The Morgan fingerprint density at radius 2 is 0.466 bits per heavy atom. The molecule has 518 valence electrons. The standard InChI is InChI=1S/C90H86N4O8Si/c1-11-19-49(20-12-2)91-83(95)61-37-31-55-57-33-41-65-79-75(57)69(59-35-39-63(85(91)97)77(61)73(55)59)45-67(81(79)89(101)93(87(65)99)51(23-15-5)24-16-6)47-27-29-53-54-30-28-48(44-72(54)103(9,10)71(53)43-47)68-46-70-60-36-40-64-78-62(84(96)92(86(64)98)50(21-13-3)22-14-4)38-32-56(74(60)78)58-34-42-66-80(76(58)70)82(68)90(102)94(88(66)100)52(25-17-7)26-18-8/h27-46,49-52H,11-26H2,1-10H3. The average Bonchev–Trinajstić information content (AvgIpc) is 1.03. The SMILES string of the molecule is CCCC(CCC)N1C(=O)c2ccc3c4ccc5c6c(c(-c7ccc8c(c7)[Si](C)(C)c7cc(-c9cc%10c%11ccc%12c%13c(ccc(c%14ccc%15c(c9C(=O)N(C(CCC)CCC)C%15=O)c%14%10)c%13%11)C(=O)N(C(CCC)CCC)C%12=O)ccc7-8)cc(c7ccc(c2c37)C1=O)c64)C(=O)N(C(CCC)CCC)C5=O. The van der Waals surface area contributed by atoms with Gasteiger partial charge in [-0.15, -0.1) is 0 Å². The molecule has 0 aliphatic carbocycles. The molecule has 0 atom stereocenters. The van der Waals surface area contributed by atoms with Crippen LogP contribution in [0, 0.1) is 0 Å².